The first-order valence-corrected chi connectivity index (χ1v) is 7.18. The highest BCUT2D eigenvalue weighted by molar-refractivity contribution is 5.59. The fraction of sp³-hybridized carbons (Fsp3) is 0.400. The van der Waals surface area contributed by atoms with E-state index < -0.39 is 0 Å². The van der Waals surface area contributed by atoms with Crippen LogP contribution in [0.5, 0.6) is 0 Å². The molecule has 110 valence electrons. The fourth-order valence-electron chi connectivity index (χ4n) is 2.39. The summed E-state index contributed by atoms with van der Waals surface area (Å²) in [5.74, 6) is 1.96. The zero-order chi connectivity index (χ0) is 14.5. The maximum Gasteiger partial charge on any atom is 0.127 e. The van der Waals surface area contributed by atoms with E-state index in [1.807, 2.05) is 18.2 Å². The first-order valence-electron chi connectivity index (χ1n) is 7.18. The zero-order valence-electron chi connectivity index (χ0n) is 11.8. The normalized spacial score (nSPS) is 15.8. The second-order valence-corrected chi connectivity index (χ2v) is 5.17. The Balaban J connectivity index is 1.68. The SMILES string of the molecule is Nc1cc(-c2cccc(NCC3CCOCC3)n2)ncn1. The van der Waals surface area contributed by atoms with Crippen LogP contribution in [0.3, 0.4) is 0 Å². The maximum absolute atomic E-state index is 5.68. The highest BCUT2D eigenvalue weighted by Crippen LogP contribution is 2.19. The highest BCUT2D eigenvalue weighted by Gasteiger charge is 2.13. The monoisotopic (exact) mass is 285 g/mol. The minimum Gasteiger partial charge on any atom is -0.384 e. The molecular formula is C15H19N5O. The van der Waals surface area contributed by atoms with Gasteiger partial charge < -0.3 is 15.8 Å². The quantitative estimate of drug-likeness (QED) is 0.893. The van der Waals surface area contributed by atoms with Crippen molar-refractivity contribution in [1.29, 1.82) is 0 Å². The Morgan fingerprint density at radius 1 is 1.19 bits per heavy atom. The Bertz CT molecular complexity index is 598. The number of rotatable bonds is 4. The van der Waals surface area contributed by atoms with E-state index >= 15 is 0 Å². The molecule has 21 heavy (non-hydrogen) atoms. The van der Waals surface area contributed by atoms with Crippen LogP contribution in [0.25, 0.3) is 11.4 Å². The smallest absolute Gasteiger partial charge is 0.127 e. The first kappa shape index (κ1) is 13.8. The van der Waals surface area contributed by atoms with Gasteiger partial charge >= 0.3 is 0 Å². The maximum atomic E-state index is 5.68. The largest absolute Gasteiger partial charge is 0.384 e. The Morgan fingerprint density at radius 2 is 2.05 bits per heavy atom. The molecule has 3 rings (SSSR count). The average molecular weight is 285 g/mol. The van der Waals surface area contributed by atoms with Crippen LogP contribution in [0.15, 0.2) is 30.6 Å². The molecule has 0 atom stereocenters. The summed E-state index contributed by atoms with van der Waals surface area (Å²) in [6, 6.07) is 7.58. The summed E-state index contributed by atoms with van der Waals surface area (Å²) in [5.41, 5.74) is 7.21. The molecule has 2 aromatic heterocycles. The molecule has 6 nitrogen and oxygen atoms in total. The number of pyridine rings is 1. The predicted molar refractivity (Wildman–Crippen MR) is 81.7 cm³/mol. The molecule has 3 N–H and O–H groups in total. The third-order valence-electron chi connectivity index (χ3n) is 3.61. The minimum absolute atomic E-state index is 0.447. The number of nitrogens with zero attached hydrogens (tertiary/aromatic N) is 3. The average Bonchev–Trinajstić information content (AvgIpc) is 2.54. The van der Waals surface area contributed by atoms with Crippen molar-refractivity contribution in [1.82, 2.24) is 15.0 Å². The number of nitrogens with one attached hydrogen (secondary N) is 1. The molecule has 1 aliphatic rings. The van der Waals surface area contributed by atoms with E-state index in [0.29, 0.717) is 11.7 Å². The second kappa shape index (κ2) is 6.49. The van der Waals surface area contributed by atoms with Gasteiger partial charge in [0, 0.05) is 25.8 Å². The summed E-state index contributed by atoms with van der Waals surface area (Å²) in [5, 5.41) is 3.40. The molecule has 0 aliphatic carbocycles. The predicted octanol–water partition coefficient (Wildman–Crippen LogP) is 1.96. The summed E-state index contributed by atoms with van der Waals surface area (Å²) >= 11 is 0. The third-order valence-corrected chi connectivity index (χ3v) is 3.61. The van der Waals surface area contributed by atoms with Crippen molar-refractivity contribution in [2.24, 2.45) is 5.92 Å². The van der Waals surface area contributed by atoms with E-state index in [2.05, 4.69) is 20.3 Å². The number of ether oxygens (including phenoxy) is 1. The van der Waals surface area contributed by atoms with Crippen LogP contribution in [0.2, 0.25) is 0 Å². The molecule has 1 fully saturated rings. The van der Waals surface area contributed by atoms with Crippen LogP contribution in [0, 0.1) is 5.92 Å². The lowest BCUT2D eigenvalue weighted by Crippen LogP contribution is -2.22. The van der Waals surface area contributed by atoms with Crippen LogP contribution >= 0.6 is 0 Å². The zero-order valence-corrected chi connectivity index (χ0v) is 11.8. The molecule has 0 spiro atoms. The molecular weight excluding hydrogens is 266 g/mol. The summed E-state index contributed by atoms with van der Waals surface area (Å²) in [6.45, 7) is 2.64. The van der Waals surface area contributed by atoms with Gasteiger partial charge in [-0.3, -0.25) is 0 Å². The molecule has 0 bridgehead atoms. The van der Waals surface area contributed by atoms with Crippen molar-refractivity contribution in [3.8, 4) is 11.4 Å². The van der Waals surface area contributed by atoms with E-state index in [9.17, 15) is 0 Å². The van der Waals surface area contributed by atoms with Crippen LogP contribution in [-0.2, 0) is 4.74 Å². The van der Waals surface area contributed by atoms with E-state index in [-0.39, 0.29) is 0 Å². The Hall–Kier alpha value is -2.21. The number of hydrogen-bond acceptors (Lipinski definition) is 6. The number of aromatic nitrogens is 3. The van der Waals surface area contributed by atoms with Crippen molar-refractivity contribution >= 4 is 11.6 Å². The van der Waals surface area contributed by atoms with Crippen molar-refractivity contribution in [2.45, 2.75) is 12.8 Å². The van der Waals surface area contributed by atoms with Crippen LogP contribution < -0.4 is 11.1 Å². The summed E-state index contributed by atoms with van der Waals surface area (Å²) in [6.07, 6.45) is 3.67. The molecule has 0 unspecified atom stereocenters. The van der Waals surface area contributed by atoms with Gasteiger partial charge in [0.05, 0.1) is 11.4 Å². The van der Waals surface area contributed by atoms with Gasteiger partial charge in [-0.2, -0.15) is 0 Å². The van der Waals surface area contributed by atoms with Crippen molar-refractivity contribution < 1.29 is 4.74 Å². The van der Waals surface area contributed by atoms with Gasteiger partial charge in [0.1, 0.15) is 18.0 Å². The standard InChI is InChI=1S/C15H19N5O/c16-14-8-13(18-10-19-14)12-2-1-3-15(20-12)17-9-11-4-6-21-7-5-11/h1-3,8,10-11H,4-7,9H2,(H,17,20)(H2,16,18,19). The lowest BCUT2D eigenvalue weighted by atomic mass is 10.0. The van der Waals surface area contributed by atoms with Crippen molar-refractivity contribution in [2.75, 3.05) is 30.8 Å². The topological polar surface area (TPSA) is 86.0 Å². The molecule has 0 saturated carbocycles. The Kier molecular flexibility index (Phi) is 4.25. The first-order chi connectivity index (χ1) is 10.3. The Morgan fingerprint density at radius 3 is 2.86 bits per heavy atom. The van der Waals surface area contributed by atoms with Gasteiger partial charge in [-0.1, -0.05) is 6.07 Å². The van der Waals surface area contributed by atoms with Gasteiger partial charge in [0.25, 0.3) is 0 Å². The molecule has 3 heterocycles. The van der Waals surface area contributed by atoms with Crippen LogP contribution in [0.1, 0.15) is 12.8 Å². The van der Waals surface area contributed by atoms with E-state index in [4.69, 9.17) is 10.5 Å². The molecule has 0 amide bonds. The van der Waals surface area contributed by atoms with Crippen molar-refractivity contribution in [3.05, 3.63) is 30.6 Å². The fourth-order valence-corrected chi connectivity index (χ4v) is 2.39. The molecule has 2 aromatic rings. The summed E-state index contributed by atoms with van der Waals surface area (Å²) in [4.78, 5) is 12.7. The van der Waals surface area contributed by atoms with Crippen LogP contribution in [-0.4, -0.2) is 34.7 Å². The van der Waals surface area contributed by atoms with E-state index in [1.54, 1.807) is 6.07 Å². The van der Waals surface area contributed by atoms with E-state index in [0.717, 1.165) is 49.8 Å². The Labute approximate surface area is 123 Å². The third kappa shape index (κ3) is 3.66. The lowest BCUT2D eigenvalue weighted by Gasteiger charge is -2.22. The molecule has 1 aliphatic heterocycles. The van der Waals surface area contributed by atoms with Gasteiger partial charge in [0.15, 0.2) is 0 Å². The number of hydrogen-bond donors (Lipinski definition) is 2. The van der Waals surface area contributed by atoms with Gasteiger partial charge in [0.2, 0.25) is 0 Å². The highest BCUT2D eigenvalue weighted by atomic mass is 16.5. The number of nitrogens with two attached hydrogens (primary N) is 1. The second-order valence-electron chi connectivity index (χ2n) is 5.17. The molecule has 6 heteroatoms. The van der Waals surface area contributed by atoms with Crippen molar-refractivity contribution in [3.63, 3.8) is 0 Å². The van der Waals surface area contributed by atoms with Crippen LogP contribution in [0.4, 0.5) is 11.6 Å². The minimum atomic E-state index is 0.447. The summed E-state index contributed by atoms with van der Waals surface area (Å²) < 4.78 is 5.37. The molecule has 0 aromatic carbocycles. The molecule has 0 radical (unpaired) electrons. The molecule has 1 saturated heterocycles. The summed E-state index contributed by atoms with van der Waals surface area (Å²) in [7, 11) is 0. The number of nitrogen functional groups attached to an aromatic ring is 1. The van der Waals surface area contributed by atoms with Gasteiger partial charge in [-0.25, -0.2) is 15.0 Å². The number of anilines is 2. The lowest BCUT2D eigenvalue weighted by molar-refractivity contribution is 0.0699. The van der Waals surface area contributed by atoms with E-state index in [1.165, 1.54) is 6.33 Å². The van der Waals surface area contributed by atoms with Gasteiger partial charge in [-0.15, -0.1) is 0 Å². The van der Waals surface area contributed by atoms with Gasteiger partial charge in [-0.05, 0) is 30.9 Å².